The monoisotopic (exact) mass is 335 g/mol. The summed E-state index contributed by atoms with van der Waals surface area (Å²) in [5, 5.41) is 0.300. The molecule has 1 aromatic heterocycles. The predicted molar refractivity (Wildman–Crippen MR) is 86.0 cm³/mol. The van der Waals surface area contributed by atoms with Crippen molar-refractivity contribution in [2.45, 2.75) is 17.4 Å². The molecule has 4 rings (SSSR count). The highest BCUT2D eigenvalue weighted by atomic mass is 35.5. The molecule has 0 spiro atoms. The highest BCUT2D eigenvalue weighted by Gasteiger charge is 2.43. The molecule has 5 nitrogen and oxygen atoms in total. The fourth-order valence-corrected chi connectivity index (χ4v) is 4.97. The summed E-state index contributed by atoms with van der Waals surface area (Å²) in [6, 6.07) is 11.9. The van der Waals surface area contributed by atoms with Gasteiger partial charge in [-0.15, -0.1) is 0 Å². The van der Waals surface area contributed by atoms with Crippen LogP contribution in [0.4, 0.5) is 11.5 Å². The molecule has 1 fully saturated rings. The lowest BCUT2D eigenvalue weighted by molar-refractivity contribution is 0.577. The molecule has 0 amide bonds. The van der Waals surface area contributed by atoms with E-state index in [2.05, 4.69) is 9.88 Å². The number of sulfonamides is 1. The Morgan fingerprint density at radius 2 is 1.91 bits per heavy atom. The molecule has 0 radical (unpaired) electrons. The van der Waals surface area contributed by atoms with Gasteiger partial charge in [0.15, 0.2) is 5.82 Å². The molecule has 114 valence electrons. The minimum atomic E-state index is -3.64. The molecule has 2 aliphatic rings. The Balaban J connectivity index is 1.91. The lowest BCUT2D eigenvalue weighted by atomic mass is 10.2. The zero-order chi connectivity index (χ0) is 15.3. The van der Waals surface area contributed by atoms with Gasteiger partial charge in [-0.1, -0.05) is 29.8 Å². The summed E-state index contributed by atoms with van der Waals surface area (Å²) in [7, 11) is -3.64. The van der Waals surface area contributed by atoms with E-state index in [0.29, 0.717) is 17.5 Å². The second kappa shape index (κ2) is 4.86. The summed E-state index contributed by atoms with van der Waals surface area (Å²) in [5.41, 5.74) is 0.831. The smallest absolute Gasteiger partial charge is 0.265 e. The van der Waals surface area contributed by atoms with Crippen LogP contribution in [0.15, 0.2) is 47.4 Å². The first-order chi connectivity index (χ1) is 10.6. The van der Waals surface area contributed by atoms with Crippen LogP contribution in [0, 0.1) is 0 Å². The average Bonchev–Trinajstić information content (AvgIpc) is 2.92. The summed E-state index contributed by atoms with van der Waals surface area (Å²) in [5.74, 6) is 0.435. The van der Waals surface area contributed by atoms with Crippen LogP contribution in [0.3, 0.4) is 0 Å². The number of rotatable bonds is 2. The van der Waals surface area contributed by atoms with Crippen molar-refractivity contribution in [3.63, 3.8) is 0 Å². The molecule has 0 aliphatic carbocycles. The standard InChI is InChI=1S/C15H14ClN3O2S/c16-14-7-6-13-15(17-14)19(11-8-9-18(13)10-11)22(20,21)12-4-2-1-3-5-12/h1-7,11H,8-10H2/t11-/m0/s1. The third-order valence-corrected chi connectivity index (χ3v) is 6.23. The van der Waals surface area contributed by atoms with E-state index < -0.39 is 10.0 Å². The lowest BCUT2D eigenvalue weighted by Crippen LogP contribution is -2.46. The molecular weight excluding hydrogens is 322 g/mol. The second-order valence-corrected chi connectivity index (χ2v) is 7.68. The van der Waals surface area contributed by atoms with Crippen LogP contribution in [0.5, 0.6) is 0 Å². The minimum absolute atomic E-state index is 0.0938. The van der Waals surface area contributed by atoms with Gasteiger partial charge in [0.25, 0.3) is 10.0 Å². The molecule has 22 heavy (non-hydrogen) atoms. The largest absolute Gasteiger partial charge is 0.366 e. The van der Waals surface area contributed by atoms with Crippen LogP contribution in [0.1, 0.15) is 6.42 Å². The summed E-state index contributed by atoms with van der Waals surface area (Å²) in [6.45, 7) is 1.53. The van der Waals surface area contributed by atoms with Crippen molar-refractivity contribution in [1.29, 1.82) is 0 Å². The van der Waals surface area contributed by atoms with Crippen molar-refractivity contribution in [1.82, 2.24) is 4.98 Å². The lowest BCUT2D eigenvalue weighted by Gasteiger charge is -2.36. The van der Waals surface area contributed by atoms with Crippen molar-refractivity contribution >= 4 is 33.1 Å². The molecule has 2 aliphatic heterocycles. The summed E-state index contributed by atoms with van der Waals surface area (Å²) >= 11 is 6.00. The van der Waals surface area contributed by atoms with Crippen LogP contribution in [0.2, 0.25) is 5.15 Å². The highest BCUT2D eigenvalue weighted by Crippen LogP contribution is 2.42. The topological polar surface area (TPSA) is 53.5 Å². The fraction of sp³-hybridized carbons (Fsp3) is 0.267. The van der Waals surface area contributed by atoms with E-state index in [9.17, 15) is 8.42 Å². The number of pyridine rings is 1. The Hall–Kier alpha value is -1.79. The molecule has 0 unspecified atom stereocenters. The van der Waals surface area contributed by atoms with Gasteiger partial charge in [0.2, 0.25) is 0 Å². The number of hydrogen-bond acceptors (Lipinski definition) is 4. The van der Waals surface area contributed by atoms with E-state index in [4.69, 9.17) is 11.6 Å². The van der Waals surface area contributed by atoms with Crippen LogP contribution in [-0.2, 0) is 10.0 Å². The number of nitrogens with zero attached hydrogens (tertiary/aromatic N) is 3. The molecule has 0 saturated carbocycles. The van der Waals surface area contributed by atoms with E-state index >= 15 is 0 Å². The summed E-state index contributed by atoms with van der Waals surface area (Å²) < 4.78 is 27.6. The molecule has 7 heteroatoms. The molecular formula is C15H14ClN3O2S. The molecule has 3 heterocycles. The zero-order valence-corrected chi connectivity index (χ0v) is 13.3. The Kier molecular flexibility index (Phi) is 3.06. The third-order valence-electron chi connectivity index (χ3n) is 4.17. The van der Waals surface area contributed by atoms with E-state index in [1.807, 2.05) is 6.07 Å². The first-order valence-corrected chi connectivity index (χ1v) is 8.90. The van der Waals surface area contributed by atoms with Crippen LogP contribution >= 0.6 is 11.6 Å². The van der Waals surface area contributed by atoms with Gasteiger partial charge >= 0.3 is 0 Å². The van der Waals surface area contributed by atoms with Gasteiger partial charge in [0, 0.05) is 13.1 Å². The number of anilines is 2. The quantitative estimate of drug-likeness (QED) is 0.791. The van der Waals surface area contributed by atoms with Crippen molar-refractivity contribution in [2.24, 2.45) is 0 Å². The van der Waals surface area contributed by atoms with Gasteiger partial charge in [-0.25, -0.2) is 17.7 Å². The van der Waals surface area contributed by atoms with Crippen molar-refractivity contribution in [2.75, 3.05) is 22.3 Å². The number of benzene rings is 1. The number of halogens is 1. The Morgan fingerprint density at radius 1 is 1.14 bits per heavy atom. The molecule has 2 aromatic rings. The third kappa shape index (κ3) is 1.98. The van der Waals surface area contributed by atoms with Gasteiger partial charge < -0.3 is 4.90 Å². The van der Waals surface area contributed by atoms with Gasteiger partial charge in [0.1, 0.15) is 5.15 Å². The minimum Gasteiger partial charge on any atom is -0.366 e. The van der Waals surface area contributed by atoms with Crippen LogP contribution < -0.4 is 9.21 Å². The Morgan fingerprint density at radius 3 is 2.68 bits per heavy atom. The van der Waals surface area contributed by atoms with E-state index in [1.165, 1.54) is 4.31 Å². The normalized spacial score (nSPS) is 20.1. The average molecular weight is 336 g/mol. The molecule has 1 atom stereocenters. The van der Waals surface area contributed by atoms with Gasteiger partial charge in [-0.3, -0.25) is 0 Å². The number of aromatic nitrogens is 1. The van der Waals surface area contributed by atoms with Gasteiger partial charge in [-0.05, 0) is 30.7 Å². The van der Waals surface area contributed by atoms with Crippen molar-refractivity contribution < 1.29 is 8.42 Å². The molecule has 2 bridgehead atoms. The Bertz CT molecular complexity index is 826. The summed E-state index contributed by atoms with van der Waals surface area (Å²) in [6.07, 6.45) is 0.792. The maximum Gasteiger partial charge on any atom is 0.265 e. The first-order valence-electron chi connectivity index (χ1n) is 7.08. The second-order valence-electron chi connectivity index (χ2n) is 5.48. The first kappa shape index (κ1) is 13.8. The number of hydrogen-bond donors (Lipinski definition) is 0. The van der Waals surface area contributed by atoms with E-state index in [-0.39, 0.29) is 10.9 Å². The molecule has 1 aromatic carbocycles. The van der Waals surface area contributed by atoms with Crippen molar-refractivity contribution in [3.05, 3.63) is 47.6 Å². The predicted octanol–water partition coefficient (Wildman–Crippen LogP) is 2.52. The Labute approximate surface area is 134 Å². The van der Waals surface area contributed by atoms with Crippen LogP contribution in [-0.4, -0.2) is 32.5 Å². The fourth-order valence-electron chi connectivity index (χ4n) is 3.17. The molecule has 0 N–H and O–H groups in total. The SMILES string of the molecule is O=S(=O)(c1ccccc1)N1c2nc(Cl)ccc2N2CC[C@H]1C2. The van der Waals surface area contributed by atoms with Crippen LogP contribution in [0.25, 0.3) is 0 Å². The van der Waals surface area contributed by atoms with Gasteiger partial charge in [0.05, 0.1) is 16.6 Å². The molecule has 1 saturated heterocycles. The van der Waals surface area contributed by atoms with Crippen molar-refractivity contribution in [3.8, 4) is 0 Å². The maximum atomic E-state index is 13.1. The summed E-state index contributed by atoms with van der Waals surface area (Å²) in [4.78, 5) is 6.75. The number of fused-ring (bicyclic) bond motifs is 4. The zero-order valence-electron chi connectivity index (χ0n) is 11.7. The van der Waals surface area contributed by atoms with E-state index in [1.54, 1.807) is 36.4 Å². The maximum absolute atomic E-state index is 13.1. The highest BCUT2D eigenvalue weighted by molar-refractivity contribution is 7.92. The van der Waals surface area contributed by atoms with Gasteiger partial charge in [-0.2, -0.15) is 0 Å². The van der Waals surface area contributed by atoms with E-state index in [0.717, 1.165) is 18.7 Å².